The maximum atomic E-state index is 12.4. The van der Waals surface area contributed by atoms with Crippen LogP contribution in [0.2, 0.25) is 0 Å². The normalized spacial score (nSPS) is 28.2. The Labute approximate surface area is 182 Å². The molecule has 0 atom stereocenters. The van der Waals surface area contributed by atoms with Gasteiger partial charge in [-0.25, -0.2) is 4.79 Å². The summed E-state index contributed by atoms with van der Waals surface area (Å²) in [4.78, 5) is 24.5. The summed E-state index contributed by atoms with van der Waals surface area (Å²) in [6.45, 7) is -0.349. The van der Waals surface area contributed by atoms with E-state index in [1.165, 1.54) is 32.4 Å². The van der Waals surface area contributed by atoms with Crippen molar-refractivity contribution in [1.82, 2.24) is 5.32 Å². The lowest BCUT2D eigenvalue weighted by Crippen LogP contribution is -2.60. The van der Waals surface area contributed by atoms with E-state index in [4.69, 9.17) is 19.5 Å². The van der Waals surface area contributed by atoms with Gasteiger partial charge in [0, 0.05) is 11.6 Å². The minimum atomic E-state index is -0.579. The Morgan fingerprint density at radius 1 is 1.16 bits per heavy atom. The van der Waals surface area contributed by atoms with Gasteiger partial charge in [0.2, 0.25) is 0 Å². The molecule has 0 heterocycles. The molecule has 0 saturated heterocycles. The number of esters is 1. The molecule has 1 N–H and O–H groups in total. The summed E-state index contributed by atoms with van der Waals surface area (Å²) < 4.78 is 15.7. The number of nitrogens with one attached hydrogen (secondary N) is 1. The Morgan fingerprint density at radius 2 is 1.84 bits per heavy atom. The topological polar surface area (TPSA) is 97.7 Å². The minimum Gasteiger partial charge on any atom is -0.493 e. The lowest BCUT2D eigenvalue weighted by Gasteiger charge is -2.56. The van der Waals surface area contributed by atoms with E-state index in [9.17, 15) is 9.59 Å². The standard InChI is InChI=1S/C24H28N2O5/c1-29-21-11-16(2-4-20(21)30-7-6-25)3-5-23(28)31-15-22(27)26-24-12-17-8-18(13-24)10-19(9-17)14-24/h2-5,11,17-19H,7-10,12-15H2,1H3,(H,26,27)/b5-3+. The van der Waals surface area contributed by atoms with E-state index in [-0.39, 0.29) is 24.7 Å². The van der Waals surface area contributed by atoms with E-state index in [1.807, 2.05) is 6.07 Å². The van der Waals surface area contributed by atoms with Crippen LogP contribution in [0.5, 0.6) is 11.5 Å². The average Bonchev–Trinajstić information content (AvgIpc) is 2.73. The van der Waals surface area contributed by atoms with Crippen LogP contribution >= 0.6 is 0 Å². The first-order valence-corrected chi connectivity index (χ1v) is 10.8. The predicted octanol–water partition coefficient (Wildman–Crippen LogP) is 3.24. The quantitative estimate of drug-likeness (QED) is 0.508. The lowest BCUT2D eigenvalue weighted by atomic mass is 9.53. The van der Waals surface area contributed by atoms with Crippen molar-refractivity contribution in [2.24, 2.45) is 17.8 Å². The van der Waals surface area contributed by atoms with Gasteiger partial charge < -0.3 is 19.5 Å². The third kappa shape index (κ3) is 5.01. The molecule has 7 nitrogen and oxygen atoms in total. The summed E-state index contributed by atoms with van der Waals surface area (Å²) in [6.07, 6.45) is 9.98. The van der Waals surface area contributed by atoms with Gasteiger partial charge in [-0.2, -0.15) is 5.26 Å². The molecule has 4 bridgehead atoms. The van der Waals surface area contributed by atoms with Crippen LogP contribution in [0.25, 0.3) is 6.08 Å². The number of carbonyl (C=O) groups excluding carboxylic acids is 2. The maximum Gasteiger partial charge on any atom is 0.331 e. The molecule has 0 spiro atoms. The van der Waals surface area contributed by atoms with Gasteiger partial charge in [-0.3, -0.25) is 4.79 Å². The van der Waals surface area contributed by atoms with Crippen molar-refractivity contribution in [3.05, 3.63) is 29.8 Å². The van der Waals surface area contributed by atoms with Crippen LogP contribution in [0, 0.1) is 29.1 Å². The molecule has 0 radical (unpaired) electrons. The van der Waals surface area contributed by atoms with Crippen LogP contribution in [-0.2, 0) is 14.3 Å². The van der Waals surface area contributed by atoms with Gasteiger partial charge in [0.15, 0.2) is 24.7 Å². The average molecular weight is 424 g/mol. The molecule has 1 amide bonds. The predicted molar refractivity (Wildman–Crippen MR) is 113 cm³/mol. The minimum absolute atomic E-state index is 0.0802. The van der Waals surface area contributed by atoms with Gasteiger partial charge in [0.05, 0.1) is 7.11 Å². The number of methoxy groups -OCH3 is 1. The number of benzene rings is 1. The zero-order chi connectivity index (χ0) is 21.8. The van der Waals surface area contributed by atoms with Crippen LogP contribution in [0.1, 0.15) is 44.1 Å². The molecule has 0 aromatic heterocycles. The molecule has 0 unspecified atom stereocenters. The SMILES string of the molecule is COc1cc(/C=C/C(=O)OCC(=O)NC23CC4CC(CC(C4)C2)C3)ccc1OCC#N. The Kier molecular flexibility index (Phi) is 6.17. The van der Waals surface area contributed by atoms with E-state index in [1.54, 1.807) is 24.3 Å². The van der Waals surface area contributed by atoms with Crippen molar-refractivity contribution in [3.8, 4) is 17.6 Å². The lowest BCUT2D eigenvalue weighted by molar-refractivity contribution is -0.145. The second kappa shape index (κ2) is 9.01. The zero-order valence-electron chi connectivity index (χ0n) is 17.8. The molecular weight excluding hydrogens is 396 g/mol. The highest BCUT2D eigenvalue weighted by atomic mass is 16.5. The summed E-state index contributed by atoms with van der Waals surface area (Å²) >= 11 is 0. The second-order valence-electron chi connectivity index (χ2n) is 9.04. The van der Waals surface area contributed by atoms with Gasteiger partial charge in [-0.1, -0.05) is 6.07 Å². The smallest absolute Gasteiger partial charge is 0.331 e. The molecule has 4 aliphatic carbocycles. The van der Waals surface area contributed by atoms with Crippen molar-refractivity contribution in [3.63, 3.8) is 0 Å². The third-order valence-electron chi connectivity index (χ3n) is 6.68. The molecule has 5 rings (SSSR count). The molecule has 7 heteroatoms. The summed E-state index contributed by atoms with van der Waals surface area (Å²) in [6, 6.07) is 6.99. The Bertz CT molecular complexity index is 882. The molecule has 31 heavy (non-hydrogen) atoms. The van der Waals surface area contributed by atoms with Gasteiger partial charge in [-0.05, 0) is 80.1 Å². The monoisotopic (exact) mass is 424 g/mol. The largest absolute Gasteiger partial charge is 0.493 e. The van der Waals surface area contributed by atoms with Crippen molar-refractivity contribution < 1.29 is 23.8 Å². The first-order valence-electron chi connectivity index (χ1n) is 10.8. The number of amides is 1. The number of nitriles is 1. The highest BCUT2D eigenvalue weighted by Crippen LogP contribution is 2.55. The van der Waals surface area contributed by atoms with Gasteiger partial charge >= 0.3 is 5.97 Å². The van der Waals surface area contributed by atoms with Crippen LogP contribution in [0.3, 0.4) is 0 Å². The summed E-state index contributed by atoms with van der Waals surface area (Å²) in [5, 5.41) is 11.8. The second-order valence-corrected chi connectivity index (χ2v) is 9.04. The van der Waals surface area contributed by atoms with Crippen LogP contribution in [-0.4, -0.2) is 37.7 Å². The molecule has 1 aromatic carbocycles. The summed E-state index contributed by atoms with van der Waals surface area (Å²) in [5.41, 5.74) is 0.621. The molecule has 164 valence electrons. The molecule has 1 aromatic rings. The van der Waals surface area contributed by atoms with E-state index < -0.39 is 5.97 Å². The van der Waals surface area contributed by atoms with Crippen LogP contribution < -0.4 is 14.8 Å². The van der Waals surface area contributed by atoms with E-state index in [2.05, 4.69) is 5.32 Å². The van der Waals surface area contributed by atoms with Gasteiger partial charge in [0.1, 0.15) is 6.07 Å². The van der Waals surface area contributed by atoms with E-state index >= 15 is 0 Å². The fourth-order valence-electron chi connectivity index (χ4n) is 5.96. The number of carbonyl (C=O) groups is 2. The van der Waals surface area contributed by atoms with Crippen molar-refractivity contribution in [2.75, 3.05) is 20.3 Å². The molecular formula is C24H28N2O5. The fraction of sp³-hybridized carbons (Fsp3) is 0.542. The van der Waals surface area contributed by atoms with Crippen molar-refractivity contribution in [1.29, 1.82) is 5.26 Å². The molecule has 4 aliphatic rings. The first kappa shape index (κ1) is 21.2. The highest BCUT2D eigenvalue weighted by molar-refractivity contribution is 5.89. The van der Waals surface area contributed by atoms with Crippen molar-refractivity contribution in [2.45, 2.75) is 44.1 Å². The zero-order valence-corrected chi connectivity index (χ0v) is 17.8. The first-order chi connectivity index (χ1) is 15.0. The van der Waals surface area contributed by atoms with E-state index in [0.29, 0.717) is 17.1 Å². The number of hydrogen-bond donors (Lipinski definition) is 1. The maximum absolute atomic E-state index is 12.4. The molecule has 4 fully saturated rings. The Morgan fingerprint density at radius 3 is 2.45 bits per heavy atom. The van der Waals surface area contributed by atoms with Crippen LogP contribution in [0.4, 0.5) is 0 Å². The Hall–Kier alpha value is -3.01. The Balaban J connectivity index is 1.27. The van der Waals surface area contributed by atoms with Crippen LogP contribution in [0.15, 0.2) is 24.3 Å². The summed E-state index contributed by atoms with van der Waals surface area (Å²) in [5.74, 6) is 2.33. The van der Waals surface area contributed by atoms with Crippen molar-refractivity contribution >= 4 is 18.0 Å². The van der Waals surface area contributed by atoms with Gasteiger partial charge in [0.25, 0.3) is 5.91 Å². The molecule has 0 aliphatic heterocycles. The molecule has 4 saturated carbocycles. The number of ether oxygens (including phenoxy) is 3. The number of hydrogen-bond acceptors (Lipinski definition) is 6. The summed E-state index contributed by atoms with van der Waals surface area (Å²) in [7, 11) is 1.50. The fourth-order valence-corrected chi connectivity index (χ4v) is 5.96. The number of nitrogens with zero attached hydrogens (tertiary/aromatic N) is 1. The van der Waals surface area contributed by atoms with Gasteiger partial charge in [-0.15, -0.1) is 0 Å². The van der Waals surface area contributed by atoms with E-state index in [0.717, 1.165) is 37.0 Å². The highest BCUT2D eigenvalue weighted by Gasteiger charge is 2.51. The third-order valence-corrected chi connectivity index (χ3v) is 6.68. The number of rotatable bonds is 8.